The highest BCUT2D eigenvalue weighted by Crippen LogP contribution is 2.33. The maximum atomic E-state index is 13.9. The van der Waals surface area contributed by atoms with Crippen LogP contribution in [0.2, 0.25) is 0 Å². The summed E-state index contributed by atoms with van der Waals surface area (Å²) in [6, 6.07) is 8.68. The SMILES string of the molecule is O=S(=O)(c1ccc2c(c1)OCCO2)N1CCN(Cc2cccc(F)c2F)CC1. The molecule has 0 radical (unpaired) electrons. The van der Waals surface area contributed by atoms with Crippen LogP contribution in [-0.2, 0) is 16.6 Å². The molecular formula is C19H20F2N2O4S. The third-order valence-electron chi connectivity index (χ3n) is 4.91. The van der Waals surface area contributed by atoms with Crippen molar-refractivity contribution in [1.82, 2.24) is 9.21 Å². The fourth-order valence-corrected chi connectivity index (χ4v) is 4.81. The first kappa shape index (κ1) is 19.1. The molecule has 0 spiro atoms. The maximum absolute atomic E-state index is 13.9. The van der Waals surface area contributed by atoms with Crippen LogP contribution in [0.1, 0.15) is 5.56 Å². The second-order valence-electron chi connectivity index (χ2n) is 6.70. The average molecular weight is 410 g/mol. The van der Waals surface area contributed by atoms with Gasteiger partial charge in [0.05, 0.1) is 4.90 Å². The molecule has 2 heterocycles. The van der Waals surface area contributed by atoms with Gasteiger partial charge in [0, 0.05) is 44.4 Å². The number of benzene rings is 2. The maximum Gasteiger partial charge on any atom is 0.243 e. The van der Waals surface area contributed by atoms with Crippen molar-refractivity contribution in [2.24, 2.45) is 0 Å². The second-order valence-corrected chi connectivity index (χ2v) is 8.64. The van der Waals surface area contributed by atoms with Gasteiger partial charge in [0.15, 0.2) is 23.1 Å². The first-order valence-electron chi connectivity index (χ1n) is 9.00. The fraction of sp³-hybridized carbons (Fsp3) is 0.368. The van der Waals surface area contributed by atoms with E-state index in [0.717, 1.165) is 6.07 Å². The number of ether oxygens (including phenoxy) is 2. The molecule has 1 saturated heterocycles. The van der Waals surface area contributed by atoms with Crippen LogP contribution in [0.25, 0.3) is 0 Å². The van der Waals surface area contributed by atoms with E-state index < -0.39 is 21.7 Å². The Labute approximate surface area is 162 Å². The van der Waals surface area contributed by atoms with Crippen LogP contribution in [0.3, 0.4) is 0 Å². The van der Waals surface area contributed by atoms with Gasteiger partial charge in [-0.1, -0.05) is 12.1 Å². The zero-order valence-electron chi connectivity index (χ0n) is 15.1. The van der Waals surface area contributed by atoms with Crippen LogP contribution < -0.4 is 9.47 Å². The van der Waals surface area contributed by atoms with Crippen LogP contribution in [-0.4, -0.2) is 57.0 Å². The van der Waals surface area contributed by atoms with Crippen LogP contribution >= 0.6 is 0 Å². The summed E-state index contributed by atoms with van der Waals surface area (Å²) >= 11 is 0. The van der Waals surface area contributed by atoms with Gasteiger partial charge in [-0.2, -0.15) is 4.31 Å². The summed E-state index contributed by atoms with van der Waals surface area (Å²) in [5.74, 6) is -0.772. The monoisotopic (exact) mass is 410 g/mol. The smallest absolute Gasteiger partial charge is 0.243 e. The van der Waals surface area contributed by atoms with Gasteiger partial charge in [-0.25, -0.2) is 17.2 Å². The Morgan fingerprint density at radius 3 is 2.39 bits per heavy atom. The lowest BCUT2D eigenvalue weighted by Crippen LogP contribution is -2.48. The summed E-state index contributed by atoms with van der Waals surface area (Å²) in [7, 11) is -3.67. The summed E-state index contributed by atoms with van der Waals surface area (Å²) in [6.07, 6.45) is 0. The summed E-state index contributed by atoms with van der Waals surface area (Å²) < 4.78 is 65.4. The van der Waals surface area contributed by atoms with E-state index in [4.69, 9.17) is 9.47 Å². The van der Waals surface area contributed by atoms with E-state index >= 15 is 0 Å². The number of hydrogen-bond acceptors (Lipinski definition) is 5. The Balaban J connectivity index is 1.43. The van der Waals surface area contributed by atoms with Crippen LogP contribution in [0.15, 0.2) is 41.3 Å². The summed E-state index contributed by atoms with van der Waals surface area (Å²) in [5.41, 5.74) is 0.267. The Morgan fingerprint density at radius 1 is 0.929 bits per heavy atom. The van der Waals surface area contributed by atoms with Gasteiger partial charge in [-0.3, -0.25) is 4.90 Å². The Bertz CT molecular complexity index is 976. The lowest BCUT2D eigenvalue weighted by atomic mass is 10.2. The quantitative estimate of drug-likeness (QED) is 0.774. The van der Waals surface area contributed by atoms with Crippen molar-refractivity contribution >= 4 is 10.0 Å². The lowest BCUT2D eigenvalue weighted by molar-refractivity contribution is 0.170. The molecule has 2 aliphatic heterocycles. The van der Waals surface area contributed by atoms with Gasteiger partial charge in [-0.05, 0) is 18.2 Å². The molecule has 0 aromatic heterocycles. The second kappa shape index (κ2) is 7.65. The number of rotatable bonds is 4. The molecule has 2 aromatic rings. The first-order chi connectivity index (χ1) is 13.4. The first-order valence-corrected chi connectivity index (χ1v) is 10.4. The number of hydrogen-bond donors (Lipinski definition) is 0. The Hall–Kier alpha value is -2.23. The third-order valence-corrected chi connectivity index (χ3v) is 6.80. The topological polar surface area (TPSA) is 59.1 Å². The van der Waals surface area contributed by atoms with Gasteiger partial charge in [0.1, 0.15) is 13.2 Å². The normalized spacial score (nSPS) is 18.2. The number of sulfonamides is 1. The van der Waals surface area contributed by atoms with Gasteiger partial charge in [-0.15, -0.1) is 0 Å². The minimum Gasteiger partial charge on any atom is -0.486 e. The summed E-state index contributed by atoms with van der Waals surface area (Å²) in [5, 5.41) is 0. The summed E-state index contributed by atoms with van der Waals surface area (Å²) in [6.45, 7) is 2.46. The van der Waals surface area contributed by atoms with Gasteiger partial charge in [0.25, 0.3) is 0 Å². The highest BCUT2D eigenvalue weighted by molar-refractivity contribution is 7.89. The molecule has 2 aromatic carbocycles. The Kier molecular flexibility index (Phi) is 5.22. The van der Waals surface area contributed by atoms with Crippen molar-refractivity contribution in [3.05, 3.63) is 53.6 Å². The highest BCUT2D eigenvalue weighted by Gasteiger charge is 2.30. The van der Waals surface area contributed by atoms with E-state index in [2.05, 4.69) is 0 Å². The van der Waals surface area contributed by atoms with Crippen molar-refractivity contribution in [1.29, 1.82) is 0 Å². The number of nitrogens with zero attached hydrogens (tertiary/aromatic N) is 2. The fourth-order valence-electron chi connectivity index (χ4n) is 3.37. The van der Waals surface area contributed by atoms with Crippen LogP contribution in [0.5, 0.6) is 11.5 Å². The molecule has 9 heteroatoms. The molecule has 28 heavy (non-hydrogen) atoms. The molecule has 0 unspecified atom stereocenters. The molecule has 4 rings (SSSR count). The van der Waals surface area contributed by atoms with E-state index in [-0.39, 0.29) is 30.1 Å². The summed E-state index contributed by atoms with van der Waals surface area (Å²) in [4.78, 5) is 2.06. The average Bonchev–Trinajstić information content (AvgIpc) is 2.71. The molecule has 0 bridgehead atoms. The molecule has 1 fully saturated rings. The third kappa shape index (κ3) is 3.69. The lowest BCUT2D eigenvalue weighted by Gasteiger charge is -2.34. The van der Waals surface area contributed by atoms with Crippen molar-refractivity contribution < 1.29 is 26.7 Å². The molecule has 0 amide bonds. The number of fused-ring (bicyclic) bond motifs is 1. The van der Waals surface area contributed by atoms with Crippen molar-refractivity contribution in [2.75, 3.05) is 39.4 Å². The number of piperazine rings is 1. The molecular weight excluding hydrogens is 390 g/mol. The molecule has 0 saturated carbocycles. The van der Waals surface area contributed by atoms with Crippen LogP contribution in [0, 0.1) is 11.6 Å². The van der Waals surface area contributed by atoms with E-state index in [0.29, 0.717) is 37.8 Å². The predicted molar refractivity (Wildman–Crippen MR) is 97.8 cm³/mol. The molecule has 2 aliphatic rings. The minimum atomic E-state index is -3.67. The number of halogens is 2. The molecule has 0 N–H and O–H groups in total. The molecule has 150 valence electrons. The van der Waals surface area contributed by atoms with E-state index in [1.165, 1.54) is 28.6 Å². The zero-order chi connectivity index (χ0) is 19.7. The zero-order valence-corrected chi connectivity index (χ0v) is 15.9. The largest absolute Gasteiger partial charge is 0.486 e. The van der Waals surface area contributed by atoms with Gasteiger partial charge >= 0.3 is 0 Å². The van der Waals surface area contributed by atoms with Gasteiger partial charge < -0.3 is 9.47 Å². The van der Waals surface area contributed by atoms with E-state index in [1.54, 1.807) is 6.07 Å². The van der Waals surface area contributed by atoms with E-state index in [1.807, 2.05) is 4.90 Å². The standard InChI is InChI=1S/C19H20F2N2O4S/c20-16-3-1-2-14(19(16)21)13-22-6-8-23(9-7-22)28(24,25)15-4-5-17-18(12-15)27-11-10-26-17/h1-5,12H,6-11,13H2. The molecule has 0 aliphatic carbocycles. The minimum absolute atomic E-state index is 0.154. The van der Waals surface area contributed by atoms with E-state index in [9.17, 15) is 17.2 Å². The van der Waals surface area contributed by atoms with Crippen molar-refractivity contribution in [3.8, 4) is 11.5 Å². The molecule has 0 atom stereocenters. The van der Waals surface area contributed by atoms with Crippen molar-refractivity contribution in [3.63, 3.8) is 0 Å². The van der Waals surface area contributed by atoms with Gasteiger partial charge in [0.2, 0.25) is 10.0 Å². The Morgan fingerprint density at radius 2 is 1.64 bits per heavy atom. The molecule has 6 nitrogen and oxygen atoms in total. The van der Waals surface area contributed by atoms with Crippen molar-refractivity contribution in [2.45, 2.75) is 11.4 Å². The highest BCUT2D eigenvalue weighted by atomic mass is 32.2. The van der Waals surface area contributed by atoms with Crippen LogP contribution in [0.4, 0.5) is 8.78 Å². The predicted octanol–water partition coefficient (Wildman–Crippen LogP) is 2.24.